The second-order valence-corrected chi connectivity index (χ2v) is 6.72. The van der Waals surface area contributed by atoms with E-state index in [-0.39, 0.29) is 11.2 Å². The molecule has 1 heterocycles. The smallest absolute Gasteiger partial charge is 0.238 e. The Balaban J connectivity index is 1.89. The summed E-state index contributed by atoms with van der Waals surface area (Å²) in [4.78, 5) is 13.3. The minimum absolute atomic E-state index is 0.110. The monoisotopic (exact) mass is 311 g/mol. The second-order valence-electron chi connectivity index (χ2n) is 4.69. The fraction of sp³-hybridized carbons (Fsp3) is 0.462. The summed E-state index contributed by atoms with van der Waals surface area (Å²) in [5.41, 5.74) is 0.941. The van der Waals surface area contributed by atoms with Gasteiger partial charge >= 0.3 is 0 Å². The number of hydrogen-bond donors (Lipinski definition) is 1. The summed E-state index contributed by atoms with van der Waals surface area (Å²) in [5.74, 6) is 0.744. The molecule has 1 aliphatic heterocycles. The van der Waals surface area contributed by atoms with Crippen molar-refractivity contribution in [1.82, 2.24) is 0 Å². The first-order valence-corrected chi connectivity index (χ1v) is 7.69. The highest BCUT2D eigenvalue weighted by atomic mass is 79.9. The molecular formula is C13H14BrNOS. The van der Waals surface area contributed by atoms with Crippen LogP contribution in [0.25, 0.3) is 0 Å². The van der Waals surface area contributed by atoms with Gasteiger partial charge in [-0.15, -0.1) is 11.8 Å². The Bertz CT molecular complexity index is 457. The van der Waals surface area contributed by atoms with Crippen LogP contribution >= 0.6 is 27.7 Å². The van der Waals surface area contributed by atoms with Crippen LogP contribution < -0.4 is 5.32 Å². The Hall–Kier alpha value is -0.480. The van der Waals surface area contributed by atoms with Crippen molar-refractivity contribution in [2.45, 2.75) is 35.8 Å². The van der Waals surface area contributed by atoms with E-state index in [9.17, 15) is 4.79 Å². The average molecular weight is 312 g/mol. The van der Waals surface area contributed by atoms with Crippen LogP contribution in [0.1, 0.15) is 25.7 Å². The van der Waals surface area contributed by atoms with E-state index in [1.165, 1.54) is 30.6 Å². The number of carbonyl (C=O) groups excluding carboxylic acids is 1. The maximum atomic E-state index is 12.1. The van der Waals surface area contributed by atoms with Crippen LogP contribution in [0.5, 0.6) is 0 Å². The number of fused-ring (bicyclic) bond motifs is 1. The molecule has 1 aromatic carbocycles. The summed E-state index contributed by atoms with van der Waals surface area (Å²) < 4.78 is 0.973. The van der Waals surface area contributed by atoms with E-state index < -0.39 is 0 Å². The molecule has 1 N–H and O–H groups in total. The zero-order valence-electron chi connectivity index (χ0n) is 9.41. The molecule has 0 spiro atoms. The summed E-state index contributed by atoms with van der Waals surface area (Å²) >= 11 is 5.22. The molecule has 17 heavy (non-hydrogen) atoms. The highest BCUT2D eigenvalue weighted by Gasteiger charge is 2.35. The number of rotatable bonds is 1. The Morgan fingerprint density at radius 2 is 2.06 bits per heavy atom. The van der Waals surface area contributed by atoms with E-state index in [1.54, 1.807) is 11.8 Å². The van der Waals surface area contributed by atoms with Crippen molar-refractivity contribution < 1.29 is 4.79 Å². The van der Waals surface area contributed by atoms with Gasteiger partial charge in [0.15, 0.2) is 0 Å². The number of nitrogens with one attached hydrogen (secondary N) is 1. The molecule has 1 aliphatic carbocycles. The average Bonchev–Trinajstić information content (AvgIpc) is 2.83. The molecule has 0 aromatic heterocycles. The molecule has 0 bridgehead atoms. The lowest BCUT2D eigenvalue weighted by molar-refractivity contribution is -0.116. The lowest BCUT2D eigenvalue weighted by Gasteiger charge is -2.28. The van der Waals surface area contributed by atoms with Crippen LogP contribution in [-0.2, 0) is 4.79 Å². The van der Waals surface area contributed by atoms with E-state index in [1.807, 2.05) is 12.1 Å². The van der Waals surface area contributed by atoms with Crippen LogP contribution in [0.2, 0.25) is 0 Å². The minimum atomic E-state index is 0.110. The second kappa shape index (κ2) is 4.65. The molecule has 1 atom stereocenters. The number of carbonyl (C=O) groups is 1. The highest BCUT2D eigenvalue weighted by molar-refractivity contribution is 9.10. The molecule has 1 saturated carbocycles. The van der Waals surface area contributed by atoms with E-state index >= 15 is 0 Å². The van der Waals surface area contributed by atoms with Gasteiger partial charge in [-0.3, -0.25) is 4.79 Å². The third-order valence-electron chi connectivity index (χ3n) is 3.56. The number of amides is 1. The van der Waals surface area contributed by atoms with Crippen molar-refractivity contribution in [3.63, 3.8) is 0 Å². The van der Waals surface area contributed by atoms with Gasteiger partial charge in [0.05, 0.1) is 10.9 Å². The van der Waals surface area contributed by atoms with Crippen LogP contribution in [0.3, 0.4) is 0 Å². The molecule has 1 aromatic rings. The van der Waals surface area contributed by atoms with Crippen molar-refractivity contribution in [2.75, 3.05) is 5.32 Å². The van der Waals surface area contributed by atoms with Gasteiger partial charge in [0.2, 0.25) is 5.91 Å². The third-order valence-corrected chi connectivity index (χ3v) is 5.67. The minimum Gasteiger partial charge on any atom is -0.323 e. The van der Waals surface area contributed by atoms with Gasteiger partial charge in [-0.05, 0) is 46.8 Å². The number of anilines is 1. The SMILES string of the molecule is O=C1Nc2c(Br)cccc2SC1C1CCCC1. The topological polar surface area (TPSA) is 29.1 Å². The largest absolute Gasteiger partial charge is 0.323 e. The molecule has 3 rings (SSSR count). The maximum absolute atomic E-state index is 12.1. The van der Waals surface area contributed by atoms with E-state index in [4.69, 9.17) is 0 Å². The van der Waals surface area contributed by atoms with E-state index in [2.05, 4.69) is 27.3 Å². The number of benzene rings is 1. The lowest BCUT2D eigenvalue weighted by atomic mass is 10.0. The molecule has 2 aliphatic rings. The first kappa shape index (κ1) is 11.6. The Kier molecular flexibility index (Phi) is 3.17. The Labute approximate surface area is 114 Å². The van der Waals surface area contributed by atoms with Gasteiger partial charge < -0.3 is 5.32 Å². The standard InChI is InChI=1S/C13H14BrNOS/c14-9-6-3-7-10-11(9)15-13(16)12(17-10)8-4-1-2-5-8/h3,6-8,12H,1-2,4-5H2,(H,15,16). The van der Waals surface area contributed by atoms with E-state index in [0.717, 1.165) is 10.2 Å². The van der Waals surface area contributed by atoms with Crippen molar-refractivity contribution in [3.8, 4) is 0 Å². The summed E-state index contributed by atoms with van der Waals surface area (Å²) in [7, 11) is 0. The summed E-state index contributed by atoms with van der Waals surface area (Å²) in [6.07, 6.45) is 4.96. The lowest BCUT2D eigenvalue weighted by Crippen LogP contribution is -2.34. The zero-order chi connectivity index (χ0) is 11.8. The van der Waals surface area contributed by atoms with Gasteiger partial charge in [-0.25, -0.2) is 0 Å². The summed E-state index contributed by atoms with van der Waals surface area (Å²) in [6, 6.07) is 6.08. The molecule has 0 radical (unpaired) electrons. The number of thioether (sulfide) groups is 1. The van der Waals surface area contributed by atoms with Crippen molar-refractivity contribution >= 4 is 39.3 Å². The fourth-order valence-corrected chi connectivity index (χ4v) is 4.62. The zero-order valence-corrected chi connectivity index (χ0v) is 11.8. The highest BCUT2D eigenvalue weighted by Crippen LogP contribution is 2.45. The predicted octanol–water partition coefficient (Wildman–Crippen LogP) is 4.05. The van der Waals surface area contributed by atoms with Gasteiger partial charge in [0, 0.05) is 9.37 Å². The predicted molar refractivity (Wildman–Crippen MR) is 74.4 cm³/mol. The molecule has 1 amide bonds. The van der Waals surface area contributed by atoms with Gasteiger partial charge in [-0.2, -0.15) is 0 Å². The first-order chi connectivity index (χ1) is 8.25. The molecule has 2 nitrogen and oxygen atoms in total. The van der Waals surface area contributed by atoms with Crippen molar-refractivity contribution in [2.24, 2.45) is 5.92 Å². The normalized spacial score (nSPS) is 24.5. The van der Waals surface area contributed by atoms with Crippen molar-refractivity contribution in [1.29, 1.82) is 0 Å². The summed E-state index contributed by atoms with van der Waals surface area (Å²) in [5, 5.41) is 3.16. The molecule has 1 unspecified atom stereocenters. The third kappa shape index (κ3) is 2.13. The van der Waals surface area contributed by atoms with E-state index in [0.29, 0.717) is 5.92 Å². The number of para-hydroxylation sites is 1. The number of hydrogen-bond acceptors (Lipinski definition) is 2. The Morgan fingerprint density at radius 1 is 1.29 bits per heavy atom. The van der Waals surface area contributed by atoms with Crippen LogP contribution in [0.15, 0.2) is 27.6 Å². The van der Waals surface area contributed by atoms with Crippen LogP contribution in [0.4, 0.5) is 5.69 Å². The van der Waals surface area contributed by atoms with Gasteiger partial charge in [-0.1, -0.05) is 18.9 Å². The quantitative estimate of drug-likeness (QED) is 0.847. The van der Waals surface area contributed by atoms with Crippen LogP contribution in [0, 0.1) is 5.92 Å². The Morgan fingerprint density at radius 3 is 2.82 bits per heavy atom. The molecule has 1 fully saturated rings. The molecular weight excluding hydrogens is 298 g/mol. The molecule has 90 valence electrons. The fourth-order valence-electron chi connectivity index (χ4n) is 2.68. The maximum Gasteiger partial charge on any atom is 0.238 e. The summed E-state index contributed by atoms with van der Waals surface area (Å²) in [6.45, 7) is 0. The van der Waals surface area contributed by atoms with Crippen LogP contribution in [-0.4, -0.2) is 11.2 Å². The number of halogens is 1. The first-order valence-electron chi connectivity index (χ1n) is 6.02. The molecule has 0 saturated heterocycles. The molecule has 4 heteroatoms. The van der Waals surface area contributed by atoms with Gasteiger partial charge in [0.1, 0.15) is 0 Å². The van der Waals surface area contributed by atoms with Crippen molar-refractivity contribution in [3.05, 3.63) is 22.7 Å². The van der Waals surface area contributed by atoms with Gasteiger partial charge in [0.25, 0.3) is 0 Å².